The topological polar surface area (TPSA) is 199 Å². The summed E-state index contributed by atoms with van der Waals surface area (Å²) in [6, 6.07) is 23.4. The van der Waals surface area contributed by atoms with Crippen molar-refractivity contribution in [1.82, 2.24) is 25.6 Å². The monoisotopic (exact) mass is 701 g/mol. The number of hydrogen-bond acceptors (Lipinski definition) is 14. The van der Waals surface area contributed by atoms with Crippen molar-refractivity contribution in [3.05, 3.63) is 96.6 Å². The van der Waals surface area contributed by atoms with E-state index in [1.165, 1.54) is 0 Å². The lowest BCUT2D eigenvalue weighted by molar-refractivity contribution is 0.0519. The molecule has 0 saturated heterocycles. The number of nitrogens with one attached hydrogen (secondary N) is 5. The second-order valence-corrected chi connectivity index (χ2v) is 10.9. The van der Waals surface area contributed by atoms with Gasteiger partial charge in [-0.05, 0) is 42.0 Å². The molecule has 0 aliphatic carbocycles. The maximum Gasteiger partial charge on any atom is 0.251 e. The van der Waals surface area contributed by atoms with Crippen molar-refractivity contribution in [2.24, 2.45) is 5.73 Å². The number of carbonyl (C=O) groups excluding carboxylic acids is 1. The molecule has 0 unspecified atom stereocenters. The molecule has 0 atom stereocenters. The van der Waals surface area contributed by atoms with Crippen LogP contribution >= 0.6 is 0 Å². The van der Waals surface area contributed by atoms with Crippen molar-refractivity contribution in [2.45, 2.75) is 0 Å². The summed E-state index contributed by atoms with van der Waals surface area (Å²) in [5.74, 6) is 0.885. The molecule has 1 heterocycles. The zero-order chi connectivity index (χ0) is 35.9. The quantitative estimate of drug-likeness (QED) is 0.0496. The number of hydrogen-bond donors (Lipinski definition) is 7. The summed E-state index contributed by atoms with van der Waals surface area (Å²) in [5, 5.41) is 25.5. The van der Waals surface area contributed by atoms with Crippen molar-refractivity contribution in [2.75, 3.05) is 95.0 Å². The number of amides is 1. The van der Waals surface area contributed by atoms with Crippen LogP contribution < -0.4 is 32.3 Å². The predicted octanol–water partition coefficient (Wildman–Crippen LogP) is 3.49. The van der Waals surface area contributed by atoms with Crippen molar-refractivity contribution in [3.8, 4) is 5.75 Å². The number of ether oxygens (including phenoxy) is 4. The van der Waals surface area contributed by atoms with E-state index in [4.69, 9.17) is 24.7 Å². The highest BCUT2D eigenvalue weighted by molar-refractivity contribution is 5.94. The van der Waals surface area contributed by atoms with E-state index in [9.17, 15) is 9.90 Å². The fraction of sp³-hybridized carbons (Fsp3) is 0.333. The summed E-state index contributed by atoms with van der Waals surface area (Å²) in [4.78, 5) is 25.6. The summed E-state index contributed by atoms with van der Waals surface area (Å²) in [6.45, 7) is 9.69. The summed E-state index contributed by atoms with van der Waals surface area (Å²) >= 11 is 0. The van der Waals surface area contributed by atoms with Crippen LogP contribution in [0.5, 0.6) is 5.75 Å². The zero-order valence-corrected chi connectivity index (χ0v) is 28.6. The first kappa shape index (κ1) is 38.5. The molecule has 0 saturated carbocycles. The molecule has 3 aromatic carbocycles. The molecule has 15 heteroatoms. The molecule has 0 radical (unpaired) electrons. The Hall–Kier alpha value is -5.32. The number of aromatic hydroxyl groups is 1. The Bertz CT molecular complexity index is 1610. The Morgan fingerprint density at radius 3 is 1.86 bits per heavy atom. The molecule has 51 heavy (non-hydrogen) atoms. The Morgan fingerprint density at radius 1 is 0.627 bits per heavy atom. The van der Waals surface area contributed by atoms with E-state index in [1.807, 2.05) is 42.5 Å². The molecule has 272 valence electrons. The van der Waals surface area contributed by atoms with E-state index < -0.39 is 0 Å². The van der Waals surface area contributed by atoms with E-state index in [-0.39, 0.29) is 17.6 Å². The van der Waals surface area contributed by atoms with Crippen molar-refractivity contribution < 1.29 is 28.8 Å². The van der Waals surface area contributed by atoms with Crippen LogP contribution in [0.15, 0.2) is 85.4 Å². The van der Waals surface area contributed by atoms with Gasteiger partial charge in [0.1, 0.15) is 5.75 Å². The third-order valence-corrected chi connectivity index (χ3v) is 6.92. The zero-order valence-electron chi connectivity index (χ0n) is 28.6. The van der Waals surface area contributed by atoms with Crippen molar-refractivity contribution in [3.63, 3.8) is 0 Å². The molecule has 1 aromatic heterocycles. The van der Waals surface area contributed by atoms with Gasteiger partial charge in [-0.25, -0.2) is 0 Å². The van der Waals surface area contributed by atoms with Crippen LogP contribution in [0.1, 0.15) is 15.9 Å². The first-order chi connectivity index (χ1) is 25.0. The number of benzene rings is 3. The first-order valence-corrected chi connectivity index (χ1v) is 16.7. The highest BCUT2D eigenvalue weighted by Gasteiger charge is 2.09. The summed E-state index contributed by atoms with van der Waals surface area (Å²) in [6.07, 6.45) is 0. The maximum atomic E-state index is 12.1. The summed E-state index contributed by atoms with van der Waals surface area (Å²) in [5.41, 5.74) is 9.09. The van der Waals surface area contributed by atoms with Crippen LogP contribution in [0.4, 0.5) is 29.2 Å². The van der Waals surface area contributed by atoms with Crippen molar-refractivity contribution in [1.29, 1.82) is 0 Å². The van der Waals surface area contributed by atoms with Crippen LogP contribution in [-0.4, -0.2) is 105 Å². The first-order valence-electron chi connectivity index (χ1n) is 16.7. The van der Waals surface area contributed by atoms with Crippen LogP contribution in [0.3, 0.4) is 0 Å². The molecule has 0 spiro atoms. The third kappa shape index (κ3) is 15.0. The highest BCUT2D eigenvalue weighted by atomic mass is 16.5. The minimum Gasteiger partial charge on any atom is -0.508 e. The number of rotatable bonds is 25. The Balaban J connectivity index is 1.21. The van der Waals surface area contributed by atoms with E-state index in [1.54, 1.807) is 36.4 Å². The average molecular weight is 702 g/mol. The average Bonchev–Trinajstić information content (AvgIpc) is 3.14. The molecule has 0 aliphatic heterocycles. The second kappa shape index (κ2) is 22.4. The van der Waals surface area contributed by atoms with Gasteiger partial charge in [0.15, 0.2) is 0 Å². The third-order valence-electron chi connectivity index (χ3n) is 6.92. The fourth-order valence-electron chi connectivity index (χ4n) is 4.43. The number of phenolic OH excluding ortho intramolecular Hbond substituents is 1. The Labute approximate surface area is 298 Å². The standard InChI is InChI=1S/C36H47N9O6/c1-27(38-15-19-49-23-22-48-18-14-37)28-10-12-30(13-11-28)41-35-43-34(44-36(45-35)42-31-8-5-9-32(46)26-31)40-17-21-51-25-24-50-20-16-39-33(47)29-6-3-2-4-7-29/h2-13,26,38,46H,1,14-25,37H2,(H,39,47)(H3,40,41,42,43,44,45). The number of phenols is 1. The minimum absolute atomic E-state index is 0.112. The molecule has 0 aliphatic rings. The van der Waals surface area contributed by atoms with Crippen molar-refractivity contribution >= 4 is 40.8 Å². The molecule has 0 bridgehead atoms. The van der Waals surface area contributed by atoms with Crippen LogP contribution in [-0.2, 0) is 18.9 Å². The lowest BCUT2D eigenvalue weighted by Gasteiger charge is -2.13. The number of anilines is 5. The van der Waals surface area contributed by atoms with Gasteiger partial charge in [-0.3, -0.25) is 4.79 Å². The smallest absolute Gasteiger partial charge is 0.251 e. The van der Waals surface area contributed by atoms with Crippen LogP contribution in [0.2, 0.25) is 0 Å². The molecule has 4 aromatic rings. The SMILES string of the molecule is C=C(NCCOCCOCCN)c1ccc(Nc2nc(NCCOCCOCCNC(=O)c3ccccc3)nc(Nc3cccc(O)c3)n2)cc1. The lowest BCUT2D eigenvalue weighted by Crippen LogP contribution is -2.27. The fourth-order valence-corrected chi connectivity index (χ4v) is 4.43. The Morgan fingerprint density at radius 2 is 1.22 bits per heavy atom. The normalized spacial score (nSPS) is 10.8. The van der Waals surface area contributed by atoms with Gasteiger partial charge in [0, 0.05) is 54.9 Å². The molecule has 15 nitrogen and oxygen atoms in total. The number of carbonyl (C=O) groups is 1. The number of nitrogens with zero attached hydrogens (tertiary/aromatic N) is 3. The molecule has 8 N–H and O–H groups in total. The molecular weight excluding hydrogens is 654 g/mol. The summed E-state index contributed by atoms with van der Waals surface area (Å²) < 4.78 is 22.1. The molecule has 0 fully saturated rings. The maximum absolute atomic E-state index is 12.1. The van der Waals surface area contributed by atoms with E-state index in [2.05, 4.69) is 48.1 Å². The van der Waals surface area contributed by atoms with E-state index in [0.717, 1.165) is 16.9 Å². The van der Waals surface area contributed by atoms with Gasteiger partial charge in [0.05, 0.1) is 52.9 Å². The largest absolute Gasteiger partial charge is 0.508 e. The predicted molar refractivity (Wildman–Crippen MR) is 198 cm³/mol. The number of aromatic nitrogens is 3. The summed E-state index contributed by atoms with van der Waals surface area (Å²) in [7, 11) is 0. The molecule has 1 amide bonds. The van der Waals surface area contributed by atoms with Gasteiger partial charge in [-0.1, -0.05) is 43.0 Å². The molecule has 4 rings (SSSR count). The second-order valence-electron chi connectivity index (χ2n) is 10.9. The highest BCUT2D eigenvalue weighted by Crippen LogP contribution is 2.22. The van der Waals surface area contributed by atoms with Gasteiger partial charge < -0.3 is 56.4 Å². The minimum atomic E-state index is -0.134. The lowest BCUT2D eigenvalue weighted by atomic mass is 10.1. The van der Waals surface area contributed by atoms with Gasteiger partial charge >= 0.3 is 0 Å². The van der Waals surface area contributed by atoms with E-state index >= 15 is 0 Å². The van der Waals surface area contributed by atoms with Crippen LogP contribution in [0, 0.1) is 0 Å². The van der Waals surface area contributed by atoms with Gasteiger partial charge in [-0.15, -0.1) is 0 Å². The van der Waals surface area contributed by atoms with E-state index in [0.29, 0.717) is 102 Å². The van der Waals surface area contributed by atoms with Gasteiger partial charge in [0.2, 0.25) is 17.8 Å². The number of nitrogens with two attached hydrogens (primary N) is 1. The Kier molecular flexibility index (Phi) is 16.9. The van der Waals surface area contributed by atoms with Gasteiger partial charge in [0.25, 0.3) is 5.91 Å². The van der Waals surface area contributed by atoms with Crippen LogP contribution in [0.25, 0.3) is 5.70 Å². The molecular formula is C36H47N9O6. The van der Waals surface area contributed by atoms with Gasteiger partial charge in [-0.2, -0.15) is 15.0 Å².